The molecule has 0 fully saturated rings. The zero-order valence-corrected chi connectivity index (χ0v) is 21.5. The first-order valence-electron chi connectivity index (χ1n) is 11.3. The molecule has 0 radical (unpaired) electrons. The minimum atomic E-state index is -0.218. The molecule has 0 aliphatic heterocycles. The zero-order chi connectivity index (χ0) is 24.2. The summed E-state index contributed by atoms with van der Waals surface area (Å²) in [5.74, 6) is 0.340. The van der Waals surface area contributed by atoms with Gasteiger partial charge in [-0.15, -0.1) is 11.3 Å². The van der Waals surface area contributed by atoms with E-state index in [1.165, 1.54) is 15.8 Å². The molecule has 0 saturated carbocycles. The van der Waals surface area contributed by atoms with Gasteiger partial charge in [-0.25, -0.2) is 4.98 Å². The number of aromatic nitrogens is 1. The Morgan fingerprint density at radius 1 is 0.971 bits per heavy atom. The monoisotopic (exact) mass is 542 g/mol. The number of benzene rings is 4. The number of hydrogen-bond donors (Lipinski definition) is 1. The van der Waals surface area contributed by atoms with E-state index in [9.17, 15) is 4.79 Å². The molecule has 0 bridgehead atoms. The normalized spacial score (nSPS) is 10.9. The van der Waals surface area contributed by atoms with Crippen molar-refractivity contribution in [2.75, 3.05) is 11.9 Å². The highest BCUT2D eigenvalue weighted by Crippen LogP contribution is 2.31. The summed E-state index contributed by atoms with van der Waals surface area (Å²) >= 11 is 5.14. The third-order valence-corrected chi connectivity index (χ3v) is 7.17. The number of amides is 1. The second-order valence-corrected chi connectivity index (χ2v) is 10.2. The Hall–Kier alpha value is -3.48. The summed E-state index contributed by atoms with van der Waals surface area (Å²) in [6.07, 6.45) is 0.769. The van der Waals surface area contributed by atoms with Gasteiger partial charge < -0.3 is 10.1 Å². The van der Waals surface area contributed by atoms with Gasteiger partial charge in [0.1, 0.15) is 10.8 Å². The fraction of sp³-hybridized carbons (Fsp3) is 0.103. The molecule has 0 unspecified atom stereocenters. The fourth-order valence-corrected chi connectivity index (χ4v) is 5.21. The van der Waals surface area contributed by atoms with Crippen molar-refractivity contribution in [2.24, 2.45) is 0 Å². The first-order valence-corrected chi connectivity index (χ1v) is 12.9. The summed E-state index contributed by atoms with van der Waals surface area (Å²) in [5.41, 5.74) is 5.64. The van der Waals surface area contributed by atoms with Crippen LogP contribution in [0.25, 0.3) is 20.8 Å². The van der Waals surface area contributed by atoms with Gasteiger partial charge in [-0.3, -0.25) is 4.79 Å². The Kier molecular flexibility index (Phi) is 6.93. The molecule has 0 aliphatic carbocycles. The molecular formula is C29H23BrN2O2S. The lowest BCUT2D eigenvalue weighted by atomic mass is 10.1. The predicted octanol–water partition coefficient (Wildman–Crippen LogP) is 7.91. The minimum absolute atomic E-state index is 0.218. The van der Waals surface area contributed by atoms with Crippen LogP contribution >= 0.6 is 27.3 Å². The summed E-state index contributed by atoms with van der Waals surface area (Å²) in [6, 6.07) is 29.7. The Morgan fingerprint density at radius 2 is 1.77 bits per heavy atom. The molecule has 1 N–H and O–H groups in total. The lowest BCUT2D eigenvalue weighted by Crippen LogP contribution is -2.14. The van der Waals surface area contributed by atoms with E-state index in [0.717, 1.165) is 27.0 Å². The molecule has 1 amide bonds. The fourth-order valence-electron chi connectivity index (χ4n) is 3.78. The lowest BCUT2D eigenvalue weighted by Gasteiger charge is -2.13. The predicted molar refractivity (Wildman–Crippen MR) is 148 cm³/mol. The van der Waals surface area contributed by atoms with E-state index in [1.54, 1.807) is 17.4 Å². The van der Waals surface area contributed by atoms with Crippen LogP contribution in [0.2, 0.25) is 0 Å². The van der Waals surface area contributed by atoms with Crippen molar-refractivity contribution in [1.29, 1.82) is 0 Å². The molecule has 1 heterocycles. The highest BCUT2D eigenvalue weighted by atomic mass is 79.9. The lowest BCUT2D eigenvalue weighted by molar-refractivity contribution is 0.102. The van der Waals surface area contributed by atoms with Gasteiger partial charge in [-0.2, -0.15) is 0 Å². The maximum atomic E-state index is 13.1. The maximum absolute atomic E-state index is 13.1. The molecule has 4 aromatic carbocycles. The molecule has 0 saturated heterocycles. The van der Waals surface area contributed by atoms with E-state index in [-0.39, 0.29) is 5.91 Å². The summed E-state index contributed by atoms with van der Waals surface area (Å²) < 4.78 is 7.97. The summed E-state index contributed by atoms with van der Waals surface area (Å²) in [4.78, 5) is 17.8. The number of anilines is 1. The number of thiazole rings is 1. The molecule has 174 valence electrons. The molecule has 1 aromatic heterocycles. The standard InChI is InChI=1S/C29H23BrN2O2S/c1-19-7-13-25-27(17-19)35-29(32-25)21-8-11-23(12-9-21)31-28(33)24-18-22(30)10-14-26(24)34-16-15-20-5-3-2-4-6-20/h2-14,17-18H,15-16H2,1H3,(H,31,33). The average Bonchev–Trinajstić information content (AvgIpc) is 3.29. The van der Waals surface area contributed by atoms with Gasteiger partial charge in [0.15, 0.2) is 0 Å². The van der Waals surface area contributed by atoms with Gasteiger partial charge >= 0.3 is 0 Å². The molecule has 35 heavy (non-hydrogen) atoms. The molecule has 4 nitrogen and oxygen atoms in total. The SMILES string of the molecule is Cc1ccc2nc(-c3ccc(NC(=O)c4cc(Br)ccc4OCCc4ccccc4)cc3)sc2c1. The molecule has 0 spiro atoms. The van der Waals surface area contributed by atoms with E-state index < -0.39 is 0 Å². The van der Waals surface area contributed by atoms with Crippen molar-refractivity contribution in [3.8, 4) is 16.3 Å². The van der Waals surface area contributed by atoms with Gasteiger partial charge in [-0.05, 0) is 72.6 Å². The van der Waals surface area contributed by atoms with Gasteiger partial charge in [0.25, 0.3) is 5.91 Å². The van der Waals surface area contributed by atoms with Crippen LogP contribution < -0.4 is 10.1 Å². The minimum Gasteiger partial charge on any atom is -0.492 e. The van der Waals surface area contributed by atoms with Gasteiger partial charge in [0.05, 0.1) is 22.4 Å². The molecule has 5 rings (SSSR count). The summed E-state index contributed by atoms with van der Waals surface area (Å²) in [5, 5.41) is 3.95. The third-order valence-electron chi connectivity index (χ3n) is 5.61. The van der Waals surface area contributed by atoms with E-state index in [0.29, 0.717) is 23.6 Å². The van der Waals surface area contributed by atoms with Gasteiger partial charge in [0.2, 0.25) is 0 Å². The second kappa shape index (κ2) is 10.4. The van der Waals surface area contributed by atoms with E-state index in [2.05, 4.69) is 58.5 Å². The van der Waals surface area contributed by atoms with Crippen molar-refractivity contribution < 1.29 is 9.53 Å². The first-order chi connectivity index (χ1) is 17.0. The van der Waals surface area contributed by atoms with E-state index in [1.807, 2.05) is 54.6 Å². The number of carbonyl (C=O) groups excluding carboxylic acids is 1. The van der Waals surface area contributed by atoms with Gasteiger partial charge in [-0.1, -0.05) is 52.3 Å². The van der Waals surface area contributed by atoms with Crippen LogP contribution in [0.4, 0.5) is 5.69 Å². The summed E-state index contributed by atoms with van der Waals surface area (Å²) in [6.45, 7) is 2.57. The van der Waals surface area contributed by atoms with Crippen LogP contribution in [0.5, 0.6) is 5.75 Å². The van der Waals surface area contributed by atoms with Crippen LogP contribution in [0.15, 0.2) is 95.5 Å². The van der Waals surface area contributed by atoms with Crippen molar-refractivity contribution >= 4 is 49.1 Å². The Bertz CT molecular complexity index is 1480. The van der Waals surface area contributed by atoms with Crippen LogP contribution in [0.3, 0.4) is 0 Å². The van der Waals surface area contributed by atoms with Crippen molar-refractivity contribution in [3.63, 3.8) is 0 Å². The quantitative estimate of drug-likeness (QED) is 0.227. The summed E-state index contributed by atoms with van der Waals surface area (Å²) in [7, 11) is 0. The first kappa shape index (κ1) is 23.3. The zero-order valence-electron chi connectivity index (χ0n) is 19.1. The smallest absolute Gasteiger partial charge is 0.259 e. The van der Waals surface area contributed by atoms with Crippen molar-refractivity contribution in [2.45, 2.75) is 13.3 Å². The number of ether oxygens (including phenoxy) is 1. The third kappa shape index (κ3) is 5.61. The number of nitrogens with one attached hydrogen (secondary N) is 1. The number of hydrogen-bond acceptors (Lipinski definition) is 4. The number of aryl methyl sites for hydroxylation is 1. The number of carbonyl (C=O) groups is 1. The van der Waals surface area contributed by atoms with Crippen LogP contribution in [0, 0.1) is 6.92 Å². The van der Waals surface area contributed by atoms with Gasteiger partial charge in [0, 0.05) is 22.1 Å². The Labute approximate surface area is 216 Å². The van der Waals surface area contributed by atoms with Crippen molar-refractivity contribution in [1.82, 2.24) is 4.98 Å². The number of rotatable bonds is 7. The topological polar surface area (TPSA) is 51.2 Å². The molecule has 6 heteroatoms. The van der Waals surface area contributed by atoms with Crippen LogP contribution in [-0.4, -0.2) is 17.5 Å². The van der Waals surface area contributed by atoms with Crippen LogP contribution in [0.1, 0.15) is 21.5 Å². The number of fused-ring (bicyclic) bond motifs is 1. The molecule has 0 aliphatic rings. The number of halogens is 1. The largest absolute Gasteiger partial charge is 0.492 e. The van der Waals surface area contributed by atoms with Crippen molar-refractivity contribution in [3.05, 3.63) is 112 Å². The highest BCUT2D eigenvalue weighted by molar-refractivity contribution is 9.10. The maximum Gasteiger partial charge on any atom is 0.259 e. The van der Waals surface area contributed by atoms with E-state index in [4.69, 9.17) is 9.72 Å². The van der Waals surface area contributed by atoms with Crippen LogP contribution in [-0.2, 0) is 6.42 Å². The Balaban J connectivity index is 1.28. The Morgan fingerprint density at radius 3 is 2.57 bits per heavy atom. The highest BCUT2D eigenvalue weighted by Gasteiger charge is 2.14. The average molecular weight is 543 g/mol. The second-order valence-electron chi connectivity index (χ2n) is 8.25. The molecular weight excluding hydrogens is 520 g/mol. The van der Waals surface area contributed by atoms with E-state index >= 15 is 0 Å². The molecule has 5 aromatic rings. The number of nitrogens with zero attached hydrogens (tertiary/aromatic N) is 1. The molecule has 0 atom stereocenters.